The smallest absolute Gasteiger partial charge is 0.293 e. The van der Waals surface area contributed by atoms with Crippen LogP contribution in [0.1, 0.15) is 27.9 Å². The Morgan fingerprint density at radius 2 is 2.00 bits per heavy atom. The molecule has 7 nitrogen and oxygen atoms in total. The predicted octanol–water partition coefficient (Wildman–Crippen LogP) is 3.83. The number of benzene rings is 1. The zero-order chi connectivity index (χ0) is 19.4. The molecule has 8 heteroatoms. The number of anilines is 1. The second-order valence-electron chi connectivity index (χ2n) is 5.85. The van der Waals surface area contributed by atoms with Gasteiger partial charge in [0.1, 0.15) is 16.8 Å². The maximum atomic E-state index is 12.2. The molecule has 0 unspecified atom stereocenters. The van der Waals surface area contributed by atoms with Crippen LogP contribution in [-0.2, 0) is 4.79 Å². The van der Waals surface area contributed by atoms with Crippen LogP contribution in [0.4, 0.5) is 11.4 Å². The molecule has 0 aliphatic rings. The summed E-state index contributed by atoms with van der Waals surface area (Å²) in [5.74, 6) is -0.405. The van der Waals surface area contributed by atoms with Crippen molar-refractivity contribution in [3.05, 3.63) is 56.3 Å². The molecule has 0 bridgehead atoms. The minimum absolute atomic E-state index is 0.00531. The summed E-state index contributed by atoms with van der Waals surface area (Å²) in [6.45, 7) is 7.34. The molecule has 1 aromatic heterocycles. The molecule has 1 heterocycles. The fourth-order valence-electron chi connectivity index (χ4n) is 2.37. The molecular weight excluding hydrogens is 352 g/mol. The molecule has 1 amide bonds. The minimum Gasteiger partial charge on any atom is -0.320 e. The normalized spacial score (nSPS) is 10.3. The monoisotopic (exact) mass is 370 g/mol. The molecule has 0 aliphatic heterocycles. The van der Waals surface area contributed by atoms with Crippen LogP contribution in [0.15, 0.2) is 23.2 Å². The summed E-state index contributed by atoms with van der Waals surface area (Å²) in [5, 5.41) is 23.5. The maximum absolute atomic E-state index is 12.2. The average Bonchev–Trinajstić information content (AvgIpc) is 2.59. The summed E-state index contributed by atoms with van der Waals surface area (Å²) in [4.78, 5) is 27.2. The van der Waals surface area contributed by atoms with Crippen molar-refractivity contribution in [3.8, 4) is 6.07 Å². The number of nitriles is 1. The van der Waals surface area contributed by atoms with Crippen molar-refractivity contribution in [1.29, 1.82) is 5.26 Å². The number of hydrogen-bond acceptors (Lipinski definition) is 6. The van der Waals surface area contributed by atoms with Crippen LogP contribution in [0.5, 0.6) is 0 Å². The molecule has 1 N–H and O–H groups in total. The van der Waals surface area contributed by atoms with Gasteiger partial charge in [0.25, 0.3) is 5.69 Å². The molecule has 0 radical (unpaired) electrons. The summed E-state index contributed by atoms with van der Waals surface area (Å²) < 4.78 is 0. The summed E-state index contributed by atoms with van der Waals surface area (Å²) >= 11 is 1.14. The topological polar surface area (TPSA) is 109 Å². The van der Waals surface area contributed by atoms with E-state index in [1.165, 1.54) is 12.1 Å². The highest BCUT2D eigenvalue weighted by atomic mass is 32.2. The third-order valence-electron chi connectivity index (χ3n) is 4.04. The quantitative estimate of drug-likeness (QED) is 0.487. The molecule has 2 aromatic rings. The zero-order valence-electron chi connectivity index (χ0n) is 14.9. The number of nitrogens with zero attached hydrogens (tertiary/aromatic N) is 3. The Morgan fingerprint density at radius 1 is 1.31 bits per heavy atom. The number of nitro groups is 1. The van der Waals surface area contributed by atoms with Crippen molar-refractivity contribution in [2.75, 3.05) is 11.1 Å². The van der Waals surface area contributed by atoms with E-state index in [4.69, 9.17) is 0 Å². The van der Waals surface area contributed by atoms with Crippen LogP contribution in [0, 0.1) is 49.1 Å². The second-order valence-corrected chi connectivity index (χ2v) is 6.82. The average molecular weight is 370 g/mol. The molecule has 0 atom stereocenters. The Balaban J connectivity index is 2.16. The molecule has 0 spiro atoms. The number of nitro benzene ring substituents is 1. The number of nitrogens with one attached hydrogen (secondary N) is 1. The number of thioether (sulfide) groups is 1. The van der Waals surface area contributed by atoms with E-state index in [0.29, 0.717) is 10.6 Å². The maximum Gasteiger partial charge on any atom is 0.293 e. The van der Waals surface area contributed by atoms with Gasteiger partial charge in [0.05, 0.1) is 16.2 Å². The van der Waals surface area contributed by atoms with Gasteiger partial charge in [-0.3, -0.25) is 14.9 Å². The Bertz CT molecular complexity index is 935. The lowest BCUT2D eigenvalue weighted by Gasteiger charge is -2.11. The predicted molar refractivity (Wildman–Crippen MR) is 100 cm³/mol. The van der Waals surface area contributed by atoms with E-state index in [-0.39, 0.29) is 17.1 Å². The van der Waals surface area contributed by atoms with Gasteiger partial charge in [-0.1, -0.05) is 17.8 Å². The van der Waals surface area contributed by atoms with E-state index in [1.807, 2.05) is 20.8 Å². The van der Waals surface area contributed by atoms with Gasteiger partial charge in [-0.25, -0.2) is 4.98 Å². The fraction of sp³-hybridized carbons (Fsp3) is 0.278. The Hall–Kier alpha value is -2.92. The van der Waals surface area contributed by atoms with E-state index in [0.717, 1.165) is 34.1 Å². The van der Waals surface area contributed by atoms with E-state index >= 15 is 0 Å². The SMILES string of the molecule is Cc1ccc(NC(=O)CSc2nc(C)c(C)c(C)c2C#N)c([N+](=O)[O-])c1. The third-order valence-corrected chi connectivity index (χ3v) is 5.01. The van der Waals surface area contributed by atoms with Gasteiger partial charge in [-0.05, 0) is 50.5 Å². The first-order valence-corrected chi connectivity index (χ1v) is 8.78. The summed E-state index contributed by atoms with van der Waals surface area (Å²) in [6.07, 6.45) is 0. The highest BCUT2D eigenvalue weighted by molar-refractivity contribution is 8.00. The number of amides is 1. The van der Waals surface area contributed by atoms with Gasteiger partial charge in [-0.2, -0.15) is 5.26 Å². The van der Waals surface area contributed by atoms with Crippen LogP contribution in [0.2, 0.25) is 0 Å². The van der Waals surface area contributed by atoms with Crippen molar-refractivity contribution in [1.82, 2.24) is 4.98 Å². The number of carbonyl (C=O) groups excluding carboxylic acids is 1. The van der Waals surface area contributed by atoms with Crippen LogP contribution >= 0.6 is 11.8 Å². The van der Waals surface area contributed by atoms with Crippen molar-refractivity contribution in [2.24, 2.45) is 0 Å². The van der Waals surface area contributed by atoms with Crippen LogP contribution in [-0.4, -0.2) is 21.6 Å². The van der Waals surface area contributed by atoms with Crippen LogP contribution in [0.3, 0.4) is 0 Å². The van der Waals surface area contributed by atoms with Crippen molar-refractivity contribution in [3.63, 3.8) is 0 Å². The first-order chi connectivity index (χ1) is 12.2. The van der Waals surface area contributed by atoms with Crippen molar-refractivity contribution >= 4 is 29.0 Å². The Kier molecular flexibility index (Phi) is 5.95. The lowest BCUT2D eigenvalue weighted by molar-refractivity contribution is -0.384. The fourth-order valence-corrected chi connectivity index (χ4v) is 3.25. The molecule has 2 rings (SSSR count). The molecule has 0 fully saturated rings. The van der Waals surface area contributed by atoms with Crippen LogP contribution < -0.4 is 5.32 Å². The molecule has 0 aliphatic carbocycles. The van der Waals surface area contributed by atoms with E-state index in [2.05, 4.69) is 16.4 Å². The molecule has 0 saturated carbocycles. The van der Waals surface area contributed by atoms with Gasteiger partial charge in [0.15, 0.2) is 0 Å². The first-order valence-electron chi connectivity index (χ1n) is 7.80. The summed E-state index contributed by atoms with van der Waals surface area (Å²) in [6, 6.07) is 6.74. The highest BCUT2D eigenvalue weighted by Crippen LogP contribution is 2.28. The molecule has 1 aromatic carbocycles. The van der Waals surface area contributed by atoms with E-state index in [1.54, 1.807) is 13.0 Å². The number of carbonyl (C=O) groups is 1. The lowest BCUT2D eigenvalue weighted by atomic mass is 10.1. The van der Waals surface area contributed by atoms with E-state index in [9.17, 15) is 20.2 Å². The zero-order valence-corrected chi connectivity index (χ0v) is 15.7. The number of rotatable bonds is 5. The van der Waals surface area contributed by atoms with Gasteiger partial charge in [0.2, 0.25) is 5.91 Å². The molecular formula is C18H18N4O3S. The number of pyridine rings is 1. The van der Waals surface area contributed by atoms with Gasteiger partial charge in [0, 0.05) is 11.8 Å². The van der Waals surface area contributed by atoms with Gasteiger partial charge < -0.3 is 5.32 Å². The minimum atomic E-state index is -0.530. The molecule has 134 valence electrons. The highest BCUT2D eigenvalue weighted by Gasteiger charge is 2.18. The van der Waals surface area contributed by atoms with E-state index < -0.39 is 10.8 Å². The summed E-state index contributed by atoms with van der Waals surface area (Å²) in [5.41, 5.74) is 3.78. The Morgan fingerprint density at radius 3 is 2.62 bits per heavy atom. The Labute approximate surface area is 155 Å². The van der Waals surface area contributed by atoms with Crippen molar-refractivity contribution in [2.45, 2.75) is 32.7 Å². The lowest BCUT2D eigenvalue weighted by Crippen LogP contribution is -2.15. The van der Waals surface area contributed by atoms with Gasteiger partial charge in [-0.15, -0.1) is 0 Å². The third kappa shape index (κ3) is 4.18. The molecule has 26 heavy (non-hydrogen) atoms. The van der Waals surface area contributed by atoms with Crippen LogP contribution in [0.25, 0.3) is 0 Å². The summed E-state index contributed by atoms with van der Waals surface area (Å²) in [7, 11) is 0. The standard InChI is InChI=1S/C18H18N4O3S/c1-10-5-6-15(16(7-10)22(24)25)21-17(23)9-26-18-14(8-19)12(3)11(2)13(4)20-18/h5-7H,9H2,1-4H3,(H,21,23). The number of hydrogen-bond donors (Lipinski definition) is 1. The second kappa shape index (κ2) is 7.97. The number of aryl methyl sites for hydroxylation is 2. The largest absolute Gasteiger partial charge is 0.320 e. The van der Waals surface area contributed by atoms with Gasteiger partial charge >= 0.3 is 0 Å². The first kappa shape index (κ1) is 19.4. The van der Waals surface area contributed by atoms with Crippen molar-refractivity contribution < 1.29 is 9.72 Å². The molecule has 0 saturated heterocycles. The number of aromatic nitrogens is 1.